The first-order valence-corrected chi connectivity index (χ1v) is 11.3. The van der Waals surface area contributed by atoms with Crippen molar-refractivity contribution in [1.82, 2.24) is 19.4 Å². The minimum atomic E-state index is -1.23. The molecule has 4 rings (SSSR count). The van der Waals surface area contributed by atoms with E-state index in [0.717, 1.165) is 16.1 Å². The Morgan fingerprint density at radius 3 is 2.83 bits per heavy atom. The number of aromatic nitrogens is 2. The molecule has 1 amide bonds. The van der Waals surface area contributed by atoms with Gasteiger partial charge in [-0.3, -0.25) is 4.79 Å². The van der Waals surface area contributed by atoms with Gasteiger partial charge in [0.25, 0.3) is 5.91 Å². The number of carbonyl (C=O) groups is 1. The first-order valence-electron chi connectivity index (χ1n) is 9.34. The van der Waals surface area contributed by atoms with Gasteiger partial charge in [-0.25, -0.2) is 4.98 Å². The van der Waals surface area contributed by atoms with E-state index in [9.17, 15) is 9.35 Å². The molecule has 3 aromatic heterocycles. The number of hydrogen-bond donors (Lipinski definition) is 2. The normalized spacial score (nSPS) is 17.1. The summed E-state index contributed by atoms with van der Waals surface area (Å²) in [6.07, 6.45) is 5.55. The fraction of sp³-hybridized carbons (Fsp3) is 0.400. The number of carbonyl (C=O) groups excluding carboxylic acids is 1. The molecule has 1 unspecified atom stereocenters. The molecule has 0 spiro atoms. The molecule has 0 aromatic carbocycles. The number of ether oxygens (including phenoxy) is 1. The van der Waals surface area contributed by atoms with Gasteiger partial charge in [0.2, 0.25) is 0 Å². The molecule has 0 saturated carbocycles. The van der Waals surface area contributed by atoms with E-state index < -0.39 is 16.9 Å². The molecule has 0 radical (unpaired) electrons. The number of nitrogens with one attached hydrogen (secondary N) is 2. The zero-order valence-electron chi connectivity index (χ0n) is 16.6. The average molecular weight is 433 g/mol. The van der Waals surface area contributed by atoms with Crippen LogP contribution in [0.2, 0.25) is 0 Å². The molecule has 1 aliphatic heterocycles. The number of rotatable bonds is 6. The van der Waals surface area contributed by atoms with Gasteiger partial charge < -0.3 is 19.0 Å². The summed E-state index contributed by atoms with van der Waals surface area (Å²) in [6.45, 7) is 7.10. The number of fused-ring (bicyclic) bond motifs is 1. The molecule has 9 heteroatoms. The summed E-state index contributed by atoms with van der Waals surface area (Å²) in [7, 11) is 0. The Kier molecular flexibility index (Phi) is 5.43. The molecule has 154 valence electrons. The lowest BCUT2D eigenvalue weighted by Crippen LogP contribution is -2.61. The Morgan fingerprint density at radius 1 is 1.34 bits per heavy atom. The van der Waals surface area contributed by atoms with Gasteiger partial charge in [0, 0.05) is 41.4 Å². The zero-order chi connectivity index (χ0) is 20.6. The highest BCUT2D eigenvalue weighted by atomic mass is 32.2. The number of hydrogen-bond acceptors (Lipinski definition) is 6. The predicted octanol–water partition coefficient (Wildman–Crippen LogP) is 2.60. The molecule has 7 nitrogen and oxygen atoms in total. The maximum atomic E-state index is 12.6. The van der Waals surface area contributed by atoms with E-state index in [1.807, 2.05) is 61.8 Å². The lowest BCUT2D eigenvalue weighted by Gasteiger charge is -2.42. The Labute approximate surface area is 176 Å². The van der Waals surface area contributed by atoms with Gasteiger partial charge in [0.15, 0.2) is 0 Å². The average Bonchev–Trinajstić information content (AvgIpc) is 3.30. The van der Waals surface area contributed by atoms with Crippen LogP contribution in [0.25, 0.3) is 5.65 Å². The van der Waals surface area contributed by atoms with Gasteiger partial charge >= 0.3 is 0 Å². The summed E-state index contributed by atoms with van der Waals surface area (Å²) in [5.41, 5.74) is 1.34. The summed E-state index contributed by atoms with van der Waals surface area (Å²) in [4.78, 5) is 18.5. The molecule has 1 fully saturated rings. The summed E-state index contributed by atoms with van der Waals surface area (Å²) >= 11 is 0.184. The van der Waals surface area contributed by atoms with Gasteiger partial charge in [-0.15, -0.1) is 16.1 Å². The van der Waals surface area contributed by atoms with Gasteiger partial charge in [0.1, 0.15) is 15.9 Å². The standard InChI is InChI=1S/C20H24N4O3S2/c1-19(2,3)29(26)23-20(12-27-13-20)16-5-4-15(28-16)18(25)22-11-14-6-8-24-9-7-21-17(24)10-14/h4-10,23H,11-13H2,1-3H3,(H,22,25). The topological polar surface area (TPSA) is 90.7 Å². The third kappa shape index (κ3) is 4.19. The first-order chi connectivity index (χ1) is 13.8. The Balaban J connectivity index is 1.42. The van der Waals surface area contributed by atoms with Gasteiger partial charge in [-0.1, -0.05) is 0 Å². The van der Waals surface area contributed by atoms with Crippen LogP contribution in [0.15, 0.2) is 42.9 Å². The molecule has 1 aliphatic rings. The van der Waals surface area contributed by atoms with Crippen LogP contribution in [-0.4, -0.2) is 37.8 Å². The largest absolute Gasteiger partial charge is 0.598 e. The fourth-order valence-electron chi connectivity index (χ4n) is 2.94. The number of nitrogens with zero attached hydrogens (tertiary/aromatic N) is 2. The molecule has 29 heavy (non-hydrogen) atoms. The van der Waals surface area contributed by atoms with Gasteiger partial charge in [-0.2, -0.15) is 0 Å². The van der Waals surface area contributed by atoms with Crippen LogP contribution in [0.1, 0.15) is 40.9 Å². The van der Waals surface area contributed by atoms with Crippen LogP contribution in [0.5, 0.6) is 0 Å². The maximum Gasteiger partial charge on any atom is 0.261 e. The smallest absolute Gasteiger partial charge is 0.261 e. The van der Waals surface area contributed by atoms with E-state index in [0.29, 0.717) is 24.6 Å². The van der Waals surface area contributed by atoms with Crippen LogP contribution in [0.4, 0.5) is 0 Å². The zero-order valence-corrected chi connectivity index (χ0v) is 18.2. The summed E-state index contributed by atoms with van der Waals surface area (Å²) in [5, 5.41) is 2.96. The van der Waals surface area contributed by atoms with Crippen LogP contribution in [0.3, 0.4) is 0 Å². The van der Waals surface area contributed by atoms with Crippen LogP contribution >= 0.6 is 11.3 Å². The van der Waals surface area contributed by atoms with Crippen molar-refractivity contribution >= 4 is 34.3 Å². The highest BCUT2D eigenvalue weighted by Crippen LogP contribution is 2.36. The molecule has 1 atom stereocenters. The number of thiophene rings is 1. The van der Waals surface area contributed by atoms with Crippen LogP contribution in [-0.2, 0) is 28.2 Å². The van der Waals surface area contributed by atoms with Crippen LogP contribution < -0.4 is 10.0 Å². The van der Waals surface area contributed by atoms with E-state index >= 15 is 0 Å². The van der Waals surface area contributed by atoms with Crippen molar-refractivity contribution in [3.8, 4) is 0 Å². The van der Waals surface area contributed by atoms with Crippen molar-refractivity contribution in [2.75, 3.05) is 13.2 Å². The maximum absolute atomic E-state index is 12.6. The first kappa shape index (κ1) is 20.4. The SMILES string of the molecule is CC(C)(C)[S+]([O-])NC1(c2ccc(C(=O)NCc3ccn4ccnc4c3)s2)COC1. The highest BCUT2D eigenvalue weighted by molar-refractivity contribution is 7.90. The van der Waals surface area contributed by atoms with E-state index in [4.69, 9.17) is 4.74 Å². The van der Waals surface area contributed by atoms with Crippen LogP contribution in [0, 0.1) is 0 Å². The monoisotopic (exact) mass is 432 g/mol. The Morgan fingerprint density at radius 2 is 2.14 bits per heavy atom. The van der Waals surface area contributed by atoms with Crippen molar-refractivity contribution in [2.45, 2.75) is 37.6 Å². The molecular weight excluding hydrogens is 408 g/mol. The minimum Gasteiger partial charge on any atom is -0.598 e. The molecule has 4 heterocycles. The molecule has 0 aliphatic carbocycles. The van der Waals surface area contributed by atoms with E-state index in [1.165, 1.54) is 11.3 Å². The van der Waals surface area contributed by atoms with E-state index in [1.54, 1.807) is 6.20 Å². The fourth-order valence-corrected chi connectivity index (χ4v) is 4.93. The summed E-state index contributed by atoms with van der Waals surface area (Å²) in [5.74, 6) is -0.128. The molecular formula is C20H24N4O3S2. The van der Waals surface area contributed by atoms with Crippen molar-refractivity contribution in [2.24, 2.45) is 0 Å². The minimum absolute atomic E-state index is 0.128. The molecule has 1 saturated heterocycles. The van der Waals surface area contributed by atoms with Crippen molar-refractivity contribution < 1.29 is 14.1 Å². The molecule has 2 N–H and O–H groups in total. The summed E-state index contributed by atoms with van der Waals surface area (Å²) in [6, 6.07) is 7.65. The molecule has 0 bridgehead atoms. The highest BCUT2D eigenvalue weighted by Gasteiger charge is 2.47. The third-order valence-electron chi connectivity index (χ3n) is 4.76. The quantitative estimate of drug-likeness (QED) is 0.585. The second kappa shape index (κ2) is 7.73. The van der Waals surface area contributed by atoms with Crippen molar-refractivity contribution in [3.05, 3.63) is 58.2 Å². The Hall–Kier alpha value is -1.91. The van der Waals surface area contributed by atoms with Crippen molar-refractivity contribution in [1.29, 1.82) is 0 Å². The second-order valence-corrected chi connectivity index (χ2v) is 11.2. The number of amides is 1. The lowest BCUT2D eigenvalue weighted by molar-refractivity contribution is -0.0647. The third-order valence-corrected chi connectivity index (χ3v) is 7.73. The predicted molar refractivity (Wildman–Crippen MR) is 114 cm³/mol. The second-order valence-electron chi connectivity index (χ2n) is 8.13. The van der Waals surface area contributed by atoms with E-state index in [-0.39, 0.29) is 10.7 Å². The molecule has 3 aromatic rings. The number of pyridine rings is 1. The van der Waals surface area contributed by atoms with Crippen molar-refractivity contribution in [3.63, 3.8) is 0 Å². The van der Waals surface area contributed by atoms with Gasteiger partial charge in [-0.05, 0) is 50.6 Å². The van der Waals surface area contributed by atoms with Gasteiger partial charge in [0.05, 0.1) is 18.1 Å². The summed E-state index contributed by atoms with van der Waals surface area (Å²) < 4.78 is 22.8. The number of imidazole rings is 1. The van der Waals surface area contributed by atoms with E-state index in [2.05, 4.69) is 15.0 Å². The Bertz CT molecular complexity index is 1020. The lowest BCUT2D eigenvalue weighted by atomic mass is 9.97.